The van der Waals surface area contributed by atoms with Gasteiger partial charge in [-0.3, -0.25) is 9.59 Å². The molecule has 1 N–H and O–H groups in total. The fraction of sp³-hybridized carbons (Fsp3) is 0.524. The quantitative estimate of drug-likeness (QED) is 0.382. The molecule has 3 heterocycles. The van der Waals surface area contributed by atoms with E-state index in [0.717, 1.165) is 0 Å². The first-order valence-corrected chi connectivity index (χ1v) is 10.2. The molecule has 3 fully saturated rings. The maximum Gasteiger partial charge on any atom is 0.410 e. The minimum atomic E-state index is -1.16. The summed E-state index contributed by atoms with van der Waals surface area (Å²) < 4.78 is 5.06. The van der Waals surface area contributed by atoms with E-state index in [4.69, 9.17) is 4.74 Å². The van der Waals surface area contributed by atoms with Crippen molar-refractivity contribution in [2.45, 2.75) is 38.6 Å². The van der Waals surface area contributed by atoms with E-state index < -0.39 is 12.1 Å². The molecule has 9 heteroatoms. The van der Waals surface area contributed by atoms with E-state index in [2.05, 4.69) is 6.58 Å². The average molecular weight is 417 g/mol. The molecule has 0 aromatic carbocycles. The molecule has 0 aromatic rings. The van der Waals surface area contributed by atoms with Crippen LogP contribution in [0.15, 0.2) is 35.6 Å². The number of likely N-dealkylation sites (tertiary alicyclic amines) is 3. The summed E-state index contributed by atoms with van der Waals surface area (Å²) in [5.74, 6) is -1.53. The van der Waals surface area contributed by atoms with Gasteiger partial charge in [0.1, 0.15) is 12.3 Å². The van der Waals surface area contributed by atoms with E-state index in [0.29, 0.717) is 63.0 Å². The number of hydrogen-bond donors (Lipinski definition) is 1. The van der Waals surface area contributed by atoms with E-state index in [1.807, 2.05) is 0 Å². The van der Waals surface area contributed by atoms with Gasteiger partial charge in [0.05, 0.1) is 6.04 Å². The first kappa shape index (κ1) is 21.6. The second kappa shape index (κ2) is 9.15. The Kier molecular flexibility index (Phi) is 6.59. The average Bonchev–Trinajstić information content (AvgIpc) is 3.34. The summed E-state index contributed by atoms with van der Waals surface area (Å²) in [6.07, 6.45) is 4.62. The molecule has 3 saturated heterocycles. The fourth-order valence-corrected chi connectivity index (χ4v) is 4.03. The van der Waals surface area contributed by atoms with E-state index in [9.17, 15) is 24.3 Å². The molecule has 0 aromatic heterocycles. The molecule has 0 radical (unpaired) electrons. The van der Waals surface area contributed by atoms with Crippen LogP contribution in [0.3, 0.4) is 0 Å². The molecular formula is C21H27N3O6. The highest BCUT2D eigenvalue weighted by Gasteiger charge is 2.38. The predicted molar refractivity (Wildman–Crippen MR) is 107 cm³/mol. The first-order chi connectivity index (χ1) is 14.4. The van der Waals surface area contributed by atoms with Crippen molar-refractivity contribution in [2.75, 3.05) is 32.8 Å². The third kappa shape index (κ3) is 4.24. The van der Waals surface area contributed by atoms with Gasteiger partial charge >= 0.3 is 12.1 Å². The molecule has 1 atom stereocenters. The van der Waals surface area contributed by atoms with Gasteiger partial charge < -0.3 is 24.5 Å². The number of nitrogens with zero attached hydrogens (tertiary/aromatic N) is 3. The topological polar surface area (TPSA) is 107 Å². The van der Waals surface area contributed by atoms with Crippen molar-refractivity contribution >= 4 is 23.9 Å². The molecular weight excluding hydrogens is 390 g/mol. The maximum atomic E-state index is 13.0. The zero-order valence-electron chi connectivity index (χ0n) is 17.1. The van der Waals surface area contributed by atoms with Crippen molar-refractivity contribution in [1.82, 2.24) is 14.7 Å². The Morgan fingerprint density at radius 1 is 1.23 bits per heavy atom. The lowest BCUT2D eigenvalue weighted by Gasteiger charge is -2.32. The van der Waals surface area contributed by atoms with Crippen molar-refractivity contribution in [2.24, 2.45) is 0 Å². The van der Waals surface area contributed by atoms with Gasteiger partial charge in [-0.05, 0) is 30.9 Å². The lowest BCUT2D eigenvalue weighted by Crippen LogP contribution is -2.45. The van der Waals surface area contributed by atoms with Crippen LogP contribution in [0.25, 0.3) is 0 Å². The molecule has 1 unspecified atom stereocenters. The number of carbonyl (C=O) groups is 4. The summed E-state index contributed by atoms with van der Waals surface area (Å²) in [6.45, 7) is 7.30. The van der Waals surface area contributed by atoms with Crippen LogP contribution in [0.2, 0.25) is 0 Å². The van der Waals surface area contributed by atoms with Crippen LogP contribution in [0.4, 0.5) is 4.79 Å². The summed E-state index contributed by atoms with van der Waals surface area (Å²) in [7, 11) is 0. The van der Waals surface area contributed by atoms with Gasteiger partial charge in [0.15, 0.2) is 0 Å². The second-order valence-corrected chi connectivity index (χ2v) is 7.50. The highest BCUT2D eigenvalue weighted by molar-refractivity contribution is 5.99. The third-order valence-corrected chi connectivity index (χ3v) is 5.70. The number of ether oxygens (including phenoxy) is 1. The standard InChI is InChI=1S/C21H27N3O6/c1-3-11-30-21(29)22-8-6-16(13-22)23-9-5-15(19(23)26)12-14(4-2)18(20(27)28)24-10-7-17(24)25/h3,12,16H,1,4-11,13H2,2H3,(H,27,28)/b15-12-,18-14+. The lowest BCUT2D eigenvalue weighted by molar-refractivity contribution is -0.144. The van der Waals surface area contributed by atoms with Gasteiger partial charge in [-0.2, -0.15) is 0 Å². The molecule has 3 amide bonds. The van der Waals surface area contributed by atoms with Crippen LogP contribution in [0.5, 0.6) is 0 Å². The molecule has 3 aliphatic rings. The zero-order valence-corrected chi connectivity index (χ0v) is 17.1. The molecule has 0 spiro atoms. The van der Waals surface area contributed by atoms with Gasteiger partial charge in [-0.25, -0.2) is 9.59 Å². The number of aliphatic carboxylic acids is 1. The van der Waals surface area contributed by atoms with Gasteiger partial charge in [0.25, 0.3) is 0 Å². The molecule has 3 aliphatic heterocycles. The number of carboxylic acids is 1. The Bertz CT molecular complexity index is 831. The predicted octanol–water partition coefficient (Wildman–Crippen LogP) is 1.52. The Hall–Kier alpha value is -3.10. The Labute approximate surface area is 175 Å². The Balaban J connectivity index is 1.72. The number of β-lactam (4-membered cyclic amide) rings is 1. The van der Waals surface area contributed by atoms with E-state index in [-0.39, 0.29) is 30.2 Å². The van der Waals surface area contributed by atoms with Crippen molar-refractivity contribution in [1.29, 1.82) is 0 Å². The second-order valence-electron chi connectivity index (χ2n) is 7.50. The van der Waals surface area contributed by atoms with Gasteiger partial charge in [-0.1, -0.05) is 19.6 Å². The summed E-state index contributed by atoms with van der Waals surface area (Å²) in [6, 6.07) is -0.0929. The van der Waals surface area contributed by atoms with Crippen LogP contribution in [0, 0.1) is 0 Å². The normalized spacial score (nSPS) is 23.6. The third-order valence-electron chi connectivity index (χ3n) is 5.70. The molecule has 3 rings (SSSR count). The van der Waals surface area contributed by atoms with Crippen LogP contribution >= 0.6 is 0 Å². The Morgan fingerprint density at radius 2 is 2.00 bits per heavy atom. The number of carboxylic acid groups (broad SMARTS) is 1. The Morgan fingerprint density at radius 3 is 2.57 bits per heavy atom. The fourth-order valence-electron chi connectivity index (χ4n) is 4.03. The minimum absolute atomic E-state index is 0.0375. The summed E-state index contributed by atoms with van der Waals surface area (Å²) in [5.41, 5.74) is 0.970. The number of amides is 3. The molecule has 0 saturated carbocycles. The number of hydrogen-bond acceptors (Lipinski definition) is 5. The van der Waals surface area contributed by atoms with Crippen molar-refractivity contribution in [3.63, 3.8) is 0 Å². The monoisotopic (exact) mass is 417 g/mol. The van der Waals surface area contributed by atoms with Crippen LogP contribution in [-0.2, 0) is 19.1 Å². The van der Waals surface area contributed by atoms with Crippen molar-refractivity contribution in [3.05, 3.63) is 35.6 Å². The van der Waals surface area contributed by atoms with Gasteiger partial charge in [-0.15, -0.1) is 0 Å². The maximum absolute atomic E-state index is 13.0. The van der Waals surface area contributed by atoms with E-state index >= 15 is 0 Å². The highest BCUT2D eigenvalue weighted by Crippen LogP contribution is 2.29. The van der Waals surface area contributed by atoms with E-state index in [1.165, 1.54) is 11.0 Å². The highest BCUT2D eigenvalue weighted by atomic mass is 16.6. The van der Waals surface area contributed by atoms with Crippen molar-refractivity contribution in [3.8, 4) is 0 Å². The minimum Gasteiger partial charge on any atom is -0.477 e. The number of rotatable bonds is 7. The molecule has 9 nitrogen and oxygen atoms in total. The number of carbonyl (C=O) groups excluding carboxylic acids is 3. The van der Waals surface area contributed by atoms with Crippen LogP contribution in [0.1, 0.15) is 32.6 Å². The van der Waals surface area contributed by atoms with Gasteiger partial charge in [0, 0.05) is 38.2 Å². The molecule has 0 bridgehead atoms. The SMILES string of the molecule is C=CCOC(=O)N1CCC(N2CC/C(=C/C(CC)=C(\C(=O)O)N3CCC3=O)C2=O)C1. The number of allylic oxidation sites excluding steroid dienone is 2. The molecule has 30 heavy (non-hydrogen) atoms. The summed E-state index contributed by atoms with van der Waals surface area (Å²) >= 11 is 0. The van der Waals surface area contributed by atoms with Crippen LogP contribution < -0.4 is 0 Å². The van der Waals surface area contributed by atoms with Crippen molar-refractivity contribution < 1.29 is 29.0 Å². The largest absolute Gasteiger partial charge is 0.477 e. The van der Waals surface area contributed by atoms with E-state index in [1.54, 1.807) is 22.8 Å². The lowest BCUT2D eigenvalue weighted by atomic mass is 10.0. The molecule has 0 aliphatic carbocycles. The van der Waals surface area contributed by atoms with Crippen LogP contribution in [-0.4, -0.2) is 82.5 Å². The first-order valence-electron chi connectivity index (χ1n) is 10.2. The molecule has 162 valence electrons. The zero-order chi connectivity index (χ0) is 21.8. The summed E-state index contributed by atoms with van der Waals surface area (Å²) in [5, 5.41) is 9.60. The van der Waals surface area contributed by atoms with Gasteiger partial charge in [0.2, 0.25) is 11.8 Å². The summed E-state index contributed by atoms with van der Waals surface area (Å²) in [4.78, 5) is 53.1. The smallest absolute Gasteiger partial charge is 0.410 e.